The van der Waals surface area contributed by atoms with Crippen molar-refractivity contribution < 1.29 is 9.53 Å². The number of nitrogens with zero attached hydrogens (tertiary/aromatic N) is 1. The van der Waals surface area contributed by atoms with Gasteiger partial charge in [-0.15, -0.1) is 0 Å². The second-order valence-corrected chi connectivity index (χ2v) is 5.25. The van der Waals surface area contributed by atoms with E-state index in [1.807, 2.05) is 24.3 Å². The predicted octanol–water partition coefficient (Wildman–Crippen LogP) is 1.30. The Labute approximate surface area is 120 Å². The summed E-state index contributed by atoms with van der Waals surface area (Å²) in [6, 6.07) is 7.40. The van der Waals surface area contributed by atoms with Gasteiger partial charge in [-0.1, -0.05) is 6.07 Å². The standard InChI is InChI=1S/C15H23N3O2/c1-20-14-4-2-3-13(9-14)17-15(19)11-18-8-6-12(10-18)5-7-16/h2-4,9,12H,5-8,10-11,16H2,1H3,(H,17,19). The number of anilines is 1. The van der Waals surface area contributed by atoms with E-state index in [0.717, 1.165) is 43.9 Å². The Morgan fingerprint density at radius 1 is 1.55 bits per heavy atom. The minimum Gasteiger partial charge on any atom is -0.497 e. The lowest BCUT2D eigenvalue weighted by atomic mass is 10.1. The van der Waals surface area contributed by atoms with Crippen molar-refractivity contribution in [3.63, 3.8) is 0 Å². The van der Waals surface area contributed by atoms with Crippen LogP contribution in [0.2, 0.25) is 0 Å². The van der Waals surface area contributed by atoms with Crippen molar-refractivity contribution in [2.24, 2.45) is 11.7 Å². The molecule has 1 saturated heterocycles. The van der Waals surface area contributed by atoms with Crippen LogP contribution < -0.4 is 15.8 Å². The summed E-state index contributed by atoms with van der Waals surface area (Å²) in [6.07, 6.45) is 2.19. The molecule has 1 heterocycles. The highest BCUT2D eigenvalue weighted by Gasteiger charge is 2.23. The molecule has 1 aromatic rings. The Bertz CT molecular complexity index is 450. The van der Waals surface area contributed by atoms with Crippen LogP contribution in [-0.2, 0) is 4.79 Å². The fourth-order valence-corrected chi connectivity index (χ4v) is 2.63. The summed E-state index contributed by atoms with van der Waals surface area (Å²) in [5.74, 6) is 1.41. The molecule has 110 valence electrons. The molecule has 1 aliphatic heterocycles. The van der Waals surface area contributed by atoms with Crippen molar-refractivity contribution in [3.8, 4) is 5.75 Å². The third-order valence-corrected chi connectivity index (χ3v) is 3.67. The molecule has 0 saturated carbocycles. The summed E-state index contributed by atoms with van der Waals surface area (Å²) < 4.78 is 5.14. The van der Waals surface area contributed by atoms with Crippen LogP contribution in [0.25, 0.3) is 0 Å². The molecule has 1 aliphatic rings. The minimum absolute atomic E-state index is 0.0200. The fourth-order valence-electron chi connectivity index (χ4n) is 2.63. The first kappa shape index (κ1) is 14.8. The number of nitrogens with two attached hydrogens (primary N) is 1. The molecule has 0 aliphatic carbocycles. The first-order chi connectivity index (χ1) is 9.71. The lowest BCUT2D eigenvalue weighted by Gasteiger charge is -2.15. The number of hydrogen-bond donors (Lipinski definition) is 2. The third-order valence-electron chi connectivity index (χ3n) is 3.67. The zero-order valence-electron chi connectivity index (χ0n) is 12.0. The number of rotatable bonds is 6. The van der Waals surface area contributed by atoms with Gasteiger partial charge >= 0.3 is 0 Å². The molecule has 5 nitrogen and oxygen atoms in total. The second-order valence-electron chi connectivity index (χ2n) is 5.25. The molecule has 1 atom stereocenters. The lowest BCUT2D eigenvalue weighted by Crippen LogP contribution is -2.31. The molecular weight excluding hydrogens is 254 g/mol. The van der Waals surface area contributed by atoms with Gasteiger partial charge in [0.2, 0.25) is 5.91 Å². The van der Waals surface area contributed by atoms with Crippen LogP contribution in [0.5, 0.6) is 5.75 Å². The molecule has 0 aromatic heterocycles. The smallest absolute Gasteiger partial charge is 0.238 e. The van der Waals surface area contributed by atoms with E-state index in [4.69, 9.17) is 10.5 Å². The summed E-state index contributed by atoms with van der Waals surface area (Å²) in [5.41, 5.74) is 6.35. The highest BCUT2D eigenvalue weighted by Crippen LogP contribution is 2.19. The first-order valence-corrected chi connectivity index (χ1v) is 7.07. The maximum Gasteiger partial charge on any atom is 0.238 e. The maximum atomic E-state index is 12.0. The van der Waals surface area contributed by atoms with E-state index < -0.39 is 0 Å². The molecule has 20 heavy (non-hydrogen) atoms. The van der Waals surface area contributed by atoms with Crippen molar-refractivity contribution in [2.75, 3.05) is 38.6 Å². The molecule has 1 aromatic carbocycles. The van der Waals surface area contributed by atoms with E-state index in [-0.39, 0.29) is 5.91 Å². The Morgan fingerprint density at radius 2 is 2.40 bits per heavy atom. The highest BCUT2D eigenvalue weighted by molar-refractivity contribution is 5.92. The molecule has 0 bridgehead atoms. The van der Waals surface area contributed by atoms with E-state index in [1.54, 1.807) is 7.11 Å². The molecule has 1 unspecified atom stereocenters. The number of carbonyl (C=O) groups excluding carboxylic acids is 1. The SMILES string of the molecule is COc1cccc(NC(=O)CN2CCC(CCN)C2)c1. The summed E-state index contributed by atoms with van der Waals surface area (Å²) in [5, 5.41) is 2.91. The molecular formula is C15H23N3O2. The third kappa shape index (κ3) is 4.21. The molecule has 1 fully saturated rings. The van der Waals surface area contributed by atoms with Crippen LogP contribution in [-0.4, -0.2) is 44.1 Å². The largest absolute Gasteiger partial charge is 0.497 e. The van der Waals surface area contributed by atoms with Crippen LogP contribution in [0.4, 0.5) is 5.69 Å². The van der Waals surface area contributed by atoms with Crippen molar-refractivity contribution in [3.05, 3.63) is 24.3 Å². The average Bonchev–Trinajstić information content (AvgIpc) is 2.86. The van der Waals surface area contributed by atoms with Gasteiger partial charge in [0, 0.05) is 18.3 Å². The molecule has 0 spiro atoms. The molecule has 0 radical (unpaired) electrons. The number of benzene rings is 1. The van der Waals surface area contributed by atoms with Crippen LogP contribution in [0.15, 0.2) is 24.3 Å². The quantitative estimate of drug-likeness (QED) is 0.822. The summed E-state index contributed by atoms with van der Waals surface area (Å²) in [7, 11) is 1.61. The Hall–Kier alpha value is -1.59. The average molecular weight is 277 g/mol. The van der Waals surface area contributed by atoms with Gasteiger partial charge in [0.1, 0.15) is 5.75 Å². The molecule has 2 rings (SSSR count). The van der Waals surface area contributed by atoms with E-state index in [2.05, 4.69) is 10.2 Å². The first-order valence-electron chi connectivity index (χ1n) is 7.07. The fraction of sp³-hybridized carbons (Fsp3) is 0.533. The van der Waals surface area contributed by atoms with Crippen molar-refractivity contribution >= 4 is 11.6 Å². The normalized spacial score (nSPS) is 19.0. The number of hydrogen-bond acceptors (Lipinski definition) is 4. The number of likely N-dealkylation sites (tertiary alicyclic amines) is 1. The van der Waals surface area contributed by atoms with Crippen molar-refractivity contribution in [1.82, 2.24) is 4.90 Å². The second kappa shape index (κ2) is 7.26. The van der Waals surface area contributed by atoms with Gasteiger partial charge in [0.25, 0.3) is 0 Å². The van der Waals surface area contributed by atoms with Crippen LogP contribution in [0.1, 0.15) is 12.8 Å². The van der Waals surface area contributed by atoms with Gasteiger partial charge in [-0.25, -0.2) is 0 Å². The molecule has 5 heteroatoms. The van der Waals surface area contributed by atoms with Crippen molar-refractivity contribution in [1.29, 1.82) is 0 Å². The Kier molecular flexibility index (Phi) is 5.38. The van der Waals surface area contributed by atoms with Gasteiger partial charge in [0.05, 0.1) is 13.7 Å². The molecule has 1 amide bonds. The van der Waals surface area contributed by atoms with Gasteiger partial charge in [-0.05, 0) is 44.0 Å². The zero-order chi connectivity index (χ0) is 14.4. The summed E-state index contributed by atoms with van der Waals surface area (Å²) >= 11 is 0. The van der Waals surface area contributed by atoms with Gasteiger partial charge in [-0.3, -0.25) is 9.69 Å². The zero-order valence-corrected chi connectivity index (χ0v) is 12.0. The van der Waals surface area contributed by atoms with Gasteiger partial charge in [-0.2, -0.15) is 0 Å². The monoisotopic (exact) mass is 277 g/mol. The van der Waals surface area contributed by atoms with E-state index in [0.29, 0.717) is 12.5 Å². The van der Waals surface area contributed by atoms with Gasteiger partial charge < -0.3 is 15.8 Å². The van der Waals surface area contributed by atoms with Crippen LogP contribution in [0, 0.1) is 5.92 Å². The van der Waals surface area contributed by atoms with Crippen molar-refractivity contribution in [2.45, 2.75) is 12.8 Å². The summed E-state index contributed by atoms with van der Waals surface area (Å²) in [4.78, 5) is 14.2. The van der Waals surface area contributed by atoms with E-state index in [9.17, 15) is 4.79 Å². The Balaban J connectivity index is 1.80. The maximum absolute atomic E-state index is 12.0. The number of methoxy groups -OCH3 is 1. The summed E-state index contributed by atoms with van der Waals surface area (Å²) in [6.45, 7) is 3.13. The molecule has 3 N–H and O–H groups in total. The van der Waals surface area contributed by atoms with Crippen LogP contribution >= 0.6 is 0 Å². The number of carbonyl (C=O) groups is 1. The van der Waals surface area contributed by atoms with Gasteiger partial charge in [0.15, 0.2) is 0 Å². The van der Waals surface area contributed by atoms with E-state index in [1.165, 1.54) is 0 Å². The number of amides is 1. The number of nitrogens with one attached hydrogen (secondary N) is 1. The Morgan fingerprint density at radius 3 is 3.15 bits per heavy atom. The van der Waals surface area contributed by atoms with Crippen LogP contribution in [0.3, 0.4) is 0 Å². The minimum atomic E-state index is 0.0200. The topological polar surface area (TPSA) is 67.6 Å². The highest BCUT2D eigenvalue weighted by atomic mass is 16.5. The predicted molar refractivity (Wildman–Crippen MR) is 79.8 cm³/mol. The lowest BCUT2D eigenvalue weighted by molar-refractivity contribution is -0.117. The van der Waals surface area contributed by atoms with E-state index >= 15 is 0 Å². The number of ether oxygens (including phenoxy) is 1.